The number of amides is 1. The van der Waals surface area contributed by atoms with Crippen molar-refractivity contribution in [1.82, 2.24) is 5.32 Å². The molecule has 6 rings (SSSR count). The van der Waals surface area contributed by atoms with Crippen LogP contribution in [0.4, 0.5) is 0 Å². The van der Waals surface area contributed by atoms with Crippen molar-refractivity contribution in [2.75, 3.05) is 0 Å². The van der Waals surface area contributed by atoms with Crippen LogP contribution in [0, 0.1) is 23.2 Å². The molecular weight excluding hydrogens is 306 g/mol. The number of hydrogen-bond donors (Lipinski definition) is 1. The molecule has 5 aliphatic rings. The fourth-order valence-corrected chi connectivity index (χ4v) is 7.02. The summed E-state index contributed by atoms with van der Waals surface area (Å²) in [5.41, 5.74) is 4.12. The van der Waals surface area contributed by atoms with Gasteiger partial charge in [0.1, 0.15) is 0 Å². The minimum atomic E-state index is 0.150. The first-order valence-electron chi connectivity index (χ1n) is 10.5. The molecule has 1 atom stereocenters. The number of carbonyl (C=O) groups is 1. The molecule has 0 aliphatic heterocycles. The zero-order chi connectivity index (χ0) is 17.0. The maximum Gasteiger partial charge on any atom is 0.251 e. The van der Waals surface area contributed by atoms with E-state index in [4.69, 9.17) is 0 Å². The largest absolute Gasteiger partial charge is 0.349 e. The molecule has 0 radical (unpaired) electrons. The lowest BCUT2D eigenvalue weighted by Gasteiger charge is -2.59. The maximum absolute atomic E-state index is 12.9. The summed E-state index contributed by atoms with van der Waals surface area (Å²) >= 11 is 0. The number of rotatable bonds is 3. The molecule has 4 bridgehead atoms. The third kappa shape index (κ3) is 2.73. The summed E-state index contributed by atoms with van der Waals surface area (Å²) in [5, 5.41) is 3.42. The van der Waals surface area contributed by atoms with Gasteiger partial charge in [0.25, 0.3) is 5.91 Å². The Hall–Kier alpha value is -1.31. The second-order valence-corrected chi connectivity index (χ2v) is 9.67. The summed E-state index contributed by atoms with van der Waals surface area (Å²) in [7, 11) is 0. The zero-order valence-electron chi connectivity index (χ0n) is 15.5. The van der Waals surface area contributed by atoms with Crippen LogP contribution in [-0.4, -0.2) is 11.9 Å². The number of fused-ring (bicyclic) bond motifs is 1. The van der Waals surface area contributed by atoms with Crippen LogP contribution < -0.4 is 5.32 Å². The van der Waals surface area contributed by atoms with Gasteiger partial charge in [0.05, 0.1) is 0 Å². The zero-order valence-corrected chi connectivity index (χ0v) is 15.5. The van der Waals surface area contributed by atoms with Crippen LogP contribution in [0.5, 0.6) is 0 Å². The molecule has 2 heteroatoms. The Labute approximate surface area is 151 Å². The van der Waals surface area contributed by atoms with E-state index in [0.717, 1.165) is 29.7 Å². The summed E-state index contributed by atoms with van der Waals surface area (Å²) in [6, 6.07) is 6.71. The highest BCUT2D eigenvalue weighted by molar-refractivity contribution is 5.94. The van der Waals surface area contributed by atoms with Crippen molar-refractivity contribution >= 4 is 5.91 Å². The average molecular weight is 338 g/mol. The van der Waals surface area contributed by atoms with E-state index in [-0.39, 0.29) is 5.91 Å². The normalized spacial score (nSPS) is 36.8. The molecule has 1 amide bonds. The second-order valence-electron chi connectivity index (χ2n) is 9.67. The van der Waals surface area contributed by atoms with Crippen molar-refractivity contribution in [3.05, 3.63) is 34.9 Å². The molecule has 1 N–H and O–H groups in total. The molecule has 0 aromatic heterocycles. The topological polar surface area (TPSA) is 29.1 Å². The van der Waals surface area contributed by atoms with Gasteiger partial charge in [-0.1, -0.05) is 6.07 Å². The highest BCUT2D eigenvalue weighted by Crippen LogP contribution is 2.61. The van der Waals surface area contributed by atoms with Crippen molar-refractivity contribution < 1.29 is 4.79 Å². The van der Waals surface area contributed by atoms with Crippen molar-refractivity contribution in [2.24, 2.45) is 23.2 Å². The van der Waals surface area contributed by atoms with Gasteiger partial charge in [0.15, 0.2) is 0 Å². The molecule has 0 heterocycles. The van der Waals surface area contributed by atoms with Crippen molar-refractivity contribution in [1.29, 1.82) is 0 Å². The summed E-state index contributed by atoms with van der Waals surface area (Å²) in [4.78, 5) is 12.9. The van der Waals surface area contributed by atoms with E-state index >= 15 is 0 Å². The molecule has 4 fully saturated rings. The monoisotopic (exact) mass is 337 g/mol. The Morgan fingerprint density at radius 1 is 1.00 bits per heavy atom. The number of benzene rings is 1. The Kier molecular flexibility index (Phi) is 3.73. The Balaban J connectivity index is 1.32. The van der Waals surface area contributed by atoms with Crippen molar-refractivity contribution in [3.63, 3.8) is 0 Å². The fourth-order valence-electron chi connectivity index (χ4n) is 7.02. The number of hydrogen-bond acceptors (Lipinski definition) is 1. The average Bonchev–Trinajstić information content (AvgIpc) is 2.60. The van der Waals surface area contributed by atoms with E-state index in [0.29, 0.717) is 11.5 Å². The summed E-state index contributed by atoms with van der Waals surface area (Å²) in [6.45, 7) is 2.28. The molecule has 0 saturated heterocycles. The predicted octanol–water partition coefficient (Wildman–Crippen LogP) is 4.90. The molecule has 25 heavy (non-hydrogen) atoms. The summed E-state index contributed by atoms with van der Waals surface area (Å²) in [6.07, 6.45) is 13.3. The van der Waals surface area contributed by atoms with Crippen molar-refractivity contribution in [3.8, 4) is 0 Å². The van der Waals surface area contributed by atoms with E-state index in [9.17, 15) is 4.79 Å². The SMILES string of the molecule is C[C@H](NC(=O)c1ccc2c(c1)CCCC2)C12CC3CC(CC(C3)C1)C2. The molecular formula is C23H31NO. The molecule has 0 unspecified atom stereocenters. The molecule has 1 aromatic carbocycles. The molecule has 0 spiro atoms. The van der Waals surface area contributed by atoms with Gasteiger partial charge in [-0.2, -0.15) is 0 Å². The van der Waals surface area contributed by atoms with Crippen LogP contribution >= 0.6 is 0 Å². The van der Waals surface area contributed by atoms with Crippen LogP contribution in [0.2, 0.25) is 0 Å². The lowest BCUT2D eigenvalue weighted by molar-refractivity contribution is -0.0688. The molecule has 1 aromatic rings. The van der Waals surface area contributed by atoms with E-state index in [1.165, 1.54) is 68.9 Å². The molecule has 2 nitrogen and oxygen atoms in total. The summed E-state index contributed by atoms with van der Waals surface area (Å²) < 4.78 is 0. The predicted molar refractivity (Wildman–Crippen MR) is 101 cm³/mol. The minimum absolute atomic E-state index is 0.150. The first kappa shape index (κ1) is 15.9. The molecule has 5 aliphatic carbocycles. The van der Waals surface area contributed by atoms with Gasteiger partial charge in [0, 0.05) is 11.6 Å². The summed E-state index contributed by atoms with van der Waals surface area (Å²) in [5.74, 6) is 2.97. The van der Waals surface area contributed by atoms with E-state index in [1.54, 1.807) is 0 Å². The Bertz CT molecular complexity index is 656. The van der Waals surface area contributed by atoms with E-state index in [1.807, 2.05) is 6.07 Å². The standard InChI is InChI=1S/C23H31NO/c1-15(23-12-16-8-17(13-23)10-18(9-16)14-23)24-22(25)21-7-6-19-4-2-3-5-20(19)11-21/h6-7,11,15-18H,2-5,8-10,12-14H2,1H3,(H,24,25)/t15-,16?,17?,18?,23?/m0/s1. The van der Waals surface area contributed by atoms with Crippen molar-refractivity contribution in [2.45, 2.75) is 77.2 Å². The van der Waals surface area contributed by atoms with Gasteiger partial charge < -0.3 is 5.32 Å². The van der Waals surface area contributed by atoms with Gasteiger partial charge >= 0.3 is 0 Å². The van der Waals surface area contributed by atoms with Crippen LogP contribution in [-0.2, 0) is 12.8 Å². The quantitative estimate of drug-likeness (QED) is 0.835. The maximum atomic E-state index is 12.9. The Morgan fingerprint density at radius 2 is 1.60 bits per heavy atom. The number of nitrogens with one attached hydrogen (secondary N) is 1. The minimum Gasteiger partial charge on any atom is -0.349 e. The van der Waals surface area contributed by atoms with Crippen LogP contribution in [0.1, 0.15) is 79.8 Å². The van der Waals surface area contributed by atoms with Gasteiger partial charge in [-0.3, -0.25) is 4.79 Å². The van der Waals surface area contributed by atoms with E-state index < -0.39 is 0 Å². The van der Waals surface area contributed by atoms with Crippen LogP contribution in [0.3, 0.4) is 0 Å². The van der Waals surface area contributed by atoms with E-state index in [2.05, 4.69) is 24.4 Å². The second kappa shape index (κ2) is 5.86. The van der Waals surface area contributed by atoms with Gasteiger partial charge in [-0.15, -0.1) is 0 Å². The molecule has 134 valence electrons. The number of carbonyl (C=O) groups excluding carboxylic acids is 1. The van der Waals surface area contributed by atoms with Gasteiger partial charge in [0.2, 0.25) is 0 Å². The van der Waals surface area contributed by atoms with Gasteiger partial charge in [-0.05, 0) is 118 Å². The molecule has 4 saturated carbocycles. The smallest absolute Gasteiger partial charge is 0.251 e. The Morgan fingerprint density at radius 3 is 2.24 bits per heavy atom. The highest BCUT2D eigenvalue weighted by atomic mass is 16.1. The first-order chi connectivity index (χ1) is 12.1. The highest BCUT2D eigenvalue weighted by Gasteiger charge is 2.53. The third-order valence-electron chi connectivity index (χ3n) is 7.96. The third-order valence-corrected chi connectivity index (χ3v) is 7.96. The lowest BCUT2D eigenvalue weighted by atomic mass is 9.48. The first-order valence-corrected chi connectivity index (χ1v) is 10.5. The van der Waals surface area contributed by atoms with Crippen LogP contribution in [0.15, 0.2) is 18.2 Å². The lowest BCUT2D eigenvalue weighted by Crippen LogP contribution is -2.55. The van der Waals surface area contributed by atoms with Crippen LogP contribution in [0.25, 0.3) is 0 Å². The fraction of sp³-hybridized carbons (Fsp3) is 0.696. The number of aryl methyl sites for hydroxylation is 2. The van der Waals surface area contributed by atoms with Gasteiger partial charge in [-0.25, -0.2) is 0 Å².